The molecule has 3 aliphatic heterocycles. The van der Waals surface area contributed by atoms with Crippen molar-refractivity contribution in [3.8, 4) is 11.5 Å². The summed E-state index contributed by atoms with van der Waals surface area (Å²) in [5.74, 6) is 1.00. The number of carbonyl (C=O) groups is 1. The van der Waals surface area contributed by atoms with E-state index in [0.717, 1.165) is 23.6 Å². The zero-order chi connectivity index (χ0) is 28.9. The molecule has 42 heavy (non-hydrogen) atoms. The van der Waals surface area contributed by atoms with Gasteiger partial charge in [0.2, 0.25) is 13.1 Å². The number of nitrogens with zero attached hydrogens (tertiary/aromatic N) is 2. The summed E-state index contributed by atoms with van der Waals surface area (Å²) in [6, 6.07) is 13.0. The van der Waals surface area contributed by atoms with E-state index in [1.807, 2.05) is 24.3 Å². The Kier molecular flexibility index (Phi) is 8.71. The number of aliphatic hydroxyl groups excluding tert-OH is 1. The molecule has 1 N–H and O–H groups in total. The first-order valence-electron chi connectivity index (χ1n) is 14.2. The molecule has 1 aromatic heterocycles. The zero-order valence-electron chi connectivity index (χ0n) is 23.2. The summed E-state index contributed by atoms with van der Waals surface area (Å²) in [5, 5.41) is 9.41. The van der Waals surface area contributed by atoms with E-state index in [2.05, 4.69) is 4.90 Å². The van der Waals surface area contributed by atoms with Crippen molar-refractivity contribution >= 4 is 16.9 Å². The average molecular weight is 579 g/mol. The third-order valence-electron chi connectivity index (χ3n) is 7.64. The molecule has 1 saturated heterocycles. The van der Waals surface area contributed by atoms with Crippen molar-refractivity contribution in [1.82, 2.24) is 9.80 Å². The lowest BCUT2D eigenvalue weighted by molar-refractivity contribution is -0.157. The summed E-state index contributed by atoms with van der Waals surface area (Å²) in [4.78, 5) is 31.1. The smallest absolute Gasteiger partial charge is 0.288 e. The van der Waals surface area contributed by atoms with Crippen LogP contribution in [0.4, 0.5) is 0 Å². The van der Waals surface area contributed by atoms with Gasteiger partial charge in [-0.2, -0.15) is 0 Å². The summed E-state index contributed by atoms with van der Waals surface area (Å²) in [5.41, 5.74) is 1.93. The molecule has 4 heterocycles. The first-order valence-corrected chi connectivity index (χ1v) is 14.2. The van der Waals surface area contributed by atoms with Crippen LogP contribution in [0.1, 0.15) is 23.5 Å². The molecule has 0 bridgehead atoms. The van der Waals surface area contributed by atoms with E-state index in [-0.39, 0.29) is 50.3 Å². The monoisotopic (exact) mass is 578 g/mol. The molecule has 0 aliphatic carbocycles. The molecule has 0 spiro atoms. The molecule has 3 aliphatic rings. The van der Waals surface area contributed by atoms with E-state index in [4.69, 9.17) is 33.2 Å². The van der Waals surface area contributed by atoms with Gasteiger partial charge in [-0.25, -0.2) is 0 Å². The quantitative estimate of drug-likeness (QED) is 0.360. The predicted octanol–water partition coefficient (Wildman–Crippen LogP) is 2.61. The number of ether oxygens (including phenoxy) is 5. The van der Waals surface area contributed by atoms with Gasteiger partial charge in [-0.15, -0.1) is 0 Å². The topological polar surface area (TPSA) is 120 Å². The molecule has 2 aromatic carbocycles. The number of benzene rings is 2. The Bertz CT molecular complexity index is 1500. The highest BCUT2D eigenvalue weighted by Crippen LogP contribution is 2.34. The van der Waals surface area contributed by atoms with Crippen LogP contribution < -0.4 is 14.9 Å². The molecule has 0 saturated carbocycles. The first kappa shape index (κ1) is 28.2. The second-order valence-corrected chi connectivity index (χ2v) is 10.4. The van der Waals surface area contributed by atoms with Gasteiger partial charge in [0.15, 0.2) is 22.7 Å². The number of hydrogen-bond donors (Lipinski definition) is 1. The summed E-state index contributed by atoms with van der Waals surface area (Å²) in [6.45, 7) is 4.07. The van der Waals surface area contributed by atoms with Gasteiger partial charge >= 0.3 is 0 Å². The molecule has 0 radical (unpaired) electrons. The fourth-order valence-electron chi connectivity index (χ4n) is 5.44. The predicted molar refractivity (Wildman–Crippen MR) is 151 cm³/mol. The number of hydrogen-bond acceptors (Lipinski definition) is 10. The minimum Gasteiger partial charge on any atom is -0.464 e. The molecule has 2 unspecified atom stereocenters. The Morgan fingerprint density at radius 1 is 1.00 bits per heavy atom. The number of rotatable bonds is 10. The van der Waals surface area contributed by atoms with E-state index in [1.165, 1.54) is 6.26 Å². The normalized spacial score (nSPS) is 20.4. The molecule has 3 aromatic rings. The van der Waals surface area contributed by atoms with Gasteiger partial charge in [-0.05, 0) is 35.9 Å². The molecule has 2 atom stereocenters. The highest BCUT2D eigenvalue weighted by atomic mass is 16.7. The Morgan fingerprint density at radius 2 is 1.83 bits per heavy atom. The second kappa shape index (κ2) is 13.0. The first-order chi connectivity index (χ1) is 20.6. The SMILES string of the molecule is O=C(C1=CC(c2coc3ccccc3c2=O)CC(OCCOCCO)O1)N1CCN(Cc2ccc3c(c2)OCO3)CC1. The summed E-state index contributed by atoms with van der Waals surface area (Å²) >= 11 is 0. The molecule has 1 fully saturated rings. The van der Waals surface area contributed by atoms with Crippen molar-refractivity contribution in [1.29, 1.82) is 0 Å². The largest absolute Gasteiger partial charge is 0.464 e. The summed E-state index contributed by atoms with van der Waals surface area (Å²) in [6.07, 6.45) is 2.76. The van der Waals surface area contributed by atoms with Crippen LogP contribution in [0.15, 0.2) is 69.8 Å². The Hall–Kier alpha value is -3.90. The number of piperazine rings is 1. The van der Waals surface area contributed by atoms with Crippen LogP contribution in [0.3, 0.4) is 0 Å². The standard InChI is InChI=1S/C31H34N2O9/c34-11-12-37-13-14-38-29-17-22(24-19-39-25-4-2-1-3-23(25)30(24)35)16-28(42-29)31(36)33-9-7-32(8-10-33)18-21-5-6-26-27(15-21)41-20-40-26/h1-6,15-16,19,22,29,34H,7-14,17-18,20H2. The Labute approximate surface area is 242 Å². The van der Waals surface area contributed by atoms with Crippen LogP contribution in [0, 0.1) is 0 Å². The van der Waals surface area contributed by atoms with Gasteiger partial charge in [0.25, 0.3) is 5.91 Å². The van der Waals surface area contributed by atoms with Crippen LogP contribution in [0.2, 0.25) is 0 Å². The maximum absolute atomic E-state index is 13.7. The highest BCUT2D eigenvalue weighted by Gasteiger charge is 2.33. The van der Waals surface area contributed by atoms with Gasteiger partial charge in [-0.3, -0.25) is 14.5 Å². The van der Waals surface area contributed by atoms with Crippen LogP contribution in [-0.2, 0) is 25.5 Å². The van der Waals surface area contributed by atoms with Crippen LogP contribution in [0.5, 0.6) is 11.5 Å². The minimum absolute atomic E-state index is 0.0783. The summed E-state index contributed by atoms with van der Waals surface area (Å²) < 4.78 is 33.9. The van der Waals surface area contributed by atoms with Gasteiger partial charge < -0.3 is 38.1 Å². The second-order valence-electron chi connectivity index (χ2n) is 10.4. The van der Waals surface area contributed by atoms with Gasteiger partial charge in [0, 0.05) is 50.6 Å². The Balaban J connectivity index is 1.14. The van der Waals surface area contributed by atoms with E-state index >= 15 is 0 Å². The van der Waals surface area contributed by atoms with Crippen molar-refractivity contribution in [3.05, 3.63) is 81.9 Å². The lowest BCUT2D eigenvalue weighted by Gasteiger charge is -2.36. The average Bonchev–Trinajstić information content (AvgIpc) is 3.49. The van der Waals surface area contributed by atoms with Crippen molar-refractivity contribution in [2.45, 2.75) is 25.2 Å². The van der Waals surface area contributed by atoms with E-state index in [0.29, 0.717) is 49.1 Å². The van der Waals surface area contributed by atoms with Crippen LogP contribution >= 0.6 is 0 Å². The molecule has 11 nitrogen and oxygen atoms in total. The Morgan fingerprint density at radius 3 is 2.69 bits per heavy atom. The van der Waals surface area contributed by atoms with Gasteiger partial charge in [0.05, 0.1) is 38.1 Å². The van der Waals surface area contributed by atoms with E-state index < -0.39 is 12.2 Å². The van der Waals surface area contributed by atoms with Crippen molar-refractivity contribution < 1.29 is 38.0 Å². The third kappa shape index (κ3) is 6.29. The molecule has 11 heteroatoms. The van der Waals surface area contributed by atoms with Crippen LogP contribution in [-0.4, -0.2) is 86.5 Å². The molecular formula is C31H34N2O9. The number of para-hydroxylation sites is 1. The minimum atomic E-state index is -0.755. The lowest BCUT2D eigenvalue weighted by Crippen LogP contribution is -2.49. The maximum Gasteiger partial charge on any atom is 0.288 e. The molecular weight excluding hydrogens is 544 g/mol. The van der Waals surface area contributed by atoms with Crippen molar-refractivity contribution in [2.24, 2.45) is 0 Å². The van der Waals surface area contributed by atoms with E-state index in [9.17, 15) is 9.59 Å². The highest BCUT2D eigenvalue weighted by molar-refractivity contribution is 5.92. The number of fused-ring (bicyclic) bond motifs is 2. The fraction of sp³-hybridized carbons (Fsp3) is 0.419. The maximum atomic E-state index is 13.7. The number of allylic oxidation sites excluding steroid dienone is 1. The summed E-state index contributed by atoms with van der Waals surface area (Å²) in [7, 11) is 0. The third-order valence-corrected chi connectivity index (χ3v) is 7.64. The van der Waals surface area contributed by atoms with Gasteiger partial charge in [0.1, 0.15) is 5.58 Å². The fourth-order valence-corrected chi connectivity index (χ4v) is 5.44. The lowest BCUT2D eigenvalue weighted by atomic mass is 9.93. The number of carbonyl (C=O) groups excluding carboxylic acids is 1. The number of amides is 1. The zero-order valence-corrected chi connectivity index (χ0v) is 23.2. The van der Waals surface area contributed by atoms with E-state index in [1.54, 1.807) is 29.2 Å². The van der Waals surface area contributed by atoms with Gasteiger partial charge in [-0.1, -0.05) is 18.2 Å². The van der Waals surface area contributed by atoms with Crippen molar-refractivity contribution in [3.63, 3.8) is 0 Å². The molecule has 1 amide bonds. The van der Waals surface area contributed by atoms with Crippen LogP contribution in [0.25, 0.3) is 11.0 Å². The molecule has 6 rings (SSSR count). The van der Waals surface area contributed by atoms with Crippen molar-refractivity contribution in [2.75, 3.05) is 59.4 Å². The molecule has 222 valence electrons. The number of aliphatic hydroxyl groups is 1.